The highest BCUT2D eigenvalue weighted by Gasteiger charge is 2.34. The molecule has 0 saturated carbocycles. The Labute approximate surface area is 146 Å². The van der Waals surface area contributed by atoms with E-state index in [0.29, 0.717) is 12.3 Å². The highest BCUT2D eigenvalue weighted by atomic mass is 32.2. The van der Waals surface area contributed by atoms with E-state index in [1.54, 1.807) is 32.2 Å². The normalized spacial score (nSPS) is 17.2. The first-order valence-electron chi connectivity index (χ1n) is 7.76. The number of rotatable bonds is 6. The number of hydrogen-bond donors (Lipinski definition) is 0. The lowest BCUT2D eigenvalue weighted by Crippen LogP contribution is -2.30. The first-order valence-corrected chi connectivity index (χ1v) is 8.80. The SMILES string of the molecule is COc1ccc(C2SCC(=O)N2CCc2ccccn2)c(OC)c1. The van der Waals surface area contributed by atoms with Crippen molar-refractivity contribution in [3.05, 3.63) is 53.9 Å². The Kier molecular flexibility index (Phi) is 5.25. The van der Waals surface area contributed by atoms with Crippen LogP contribution >= 0.6 is 11.8 Å². The third kappa shape index (κ3) is 3.48. The largest absolute Gasteiger partial charge is 0.497 e. The predicted octanol–water partition coefficient (Wildman–Crippen LogP) is 2.92. The van der Waals surface area contributed by atoms with E-state index in [9.17, 15) is 4.79 Å². The minimum atomic E-state index is -0.0398. The van der Waals surface area contributed by atoms with Gasteiger partial charge in [0.1, 0.15) is 16.9 Å². The van der Waals surface area contributed by atoms with Crippen molar-refractivity contribution in [3.8, 4) is 11.5 Å². The van der Waals surface area contributed by atoms with E-state index in [4.69, 9.17) is 9.47 Å². The van der Waals surface area contributed by atoms with Crippen molar-refractivity contribution in [2.24, 2.45) is 0 Å². The highest BCUT2D eigenvalue weighted by Crippen LogP contribution is 2.43. The summed E-state index contributed by atoms with van der Waals surface area (Å²) in [5, 5.41) is -0.0398. The molecule has 1 aromatic carbocycles. The number of nitrogens with zero attached hydrogens (tertiary/aromatic N) is 2. The summed E-state index contributed by atoms with van der Waals surface area (Å²) in [7, 11) is 3.26. The lowest BCUT2D eigenvalue weighted by Gasteiger charge is -2.25. The van der Waals surface area contributed by atoms with Gasteiger partial charge in [-0.05, 0) is 24.3 Å². The molecule has 0 spiro atoms. The monoisotopic (exact) mass is 344 g/mol. The Morgan fingerprint density at radius 2 is 2.12 bits per heavy atom. The van der Waals surface area contributed by atoms with Crippen LogP contribution in [0.2, 0.25) is 0 Å². The van der Waals surface area contributed by atoms with E-state index in [-0.39, 0.29) is 11.3 Å². The second-order valence-corrected chi connectivity index (χ2v) is 6.50. The molecule has 1 aromatic heterocycles. The van der Waals surface area contributed by atoms with Crippen LogP contribution in [0.1, 0.15) is 16.6 Å². The molecule has 2 aromatic rings. The average Bonchev–Trinajstić information content (AvgIpc) is 3.00. The number of benzene rings is 1. The van der Waals surface area contributed by atoms with Crippen molar-refractivity contribution in [2.75, 3.05) is 26.5 Å². The molecular weight excluding hydrogens is 324 g/mol. The topological polar surface area (TPSA) is 51.7 Å². The van der Waals surface area contributed by atoms with Crippen LogP contribution in [0.3, 0.4) is 0 Å². The number of pyridine rings is 1. The van der Waals surface area contributed by atoms with Crippen molar-refractivity contribution in [1.82, 2.24) is 9.88 Å². The molecule has 1 aliphatic heterocycles. The van der Waals surface area contributed by atoms with E-state index in [1.807, 2.05) is 41.3 Å². The van der Waals surface area contributed by atoms with Gasteiger partial charge in [0.2, 0.25) is 5.91 Å². The zero-order chi connectivity index (χ0) is 16.9. The van der Waals surface area contributed by atoms with Crippen LogP contribution in [-0.2, 0) is 11.2 Å². The number of amides is 1. The number of carbonyl (C=O) groups is 1. The van der Waals surface area contributed by atoms with Gasteiger partial charge in [-0.1, -0.05) is 6.07 Å². The Balaban J connectivity index is 1.80. The summed E-state index contributed by atoms with van der Waals surface area (Å²) in [6, 6.07) is 11.6. The van der Waals surface area contributed by atoms with Crippen LogP contribution in [-0.4, -0.2) is 42.3 Å². The number of carbonyl (C=O) groups excluding carboxylic acids is 1. The molecule has 0 N–H and O–H groups in total. The van der Waals surface area contributed by atoms with Gasteiger partial charge in [-0.3, -0.25) is 9.78 Å². The molecule has 126 valence electrons. The Morgan fingerprint density at radius 3 is 2.83 bits per heavy atom. The molecule has 5 nitrogen and oxygen atoms in total. The third-order valence-electron chi connectivity index (χ3n) is 4.01. The lowest BCUT2D eigenvalue weighted by atomic mass is 10.1. The van der Waals surface area contributed by atoms with E-state index in [1.165, 1.54) is 0 Å². The minimum Gasteiger partial charge on any atom is -0.497 e. The lowest BCUT2D eigenvalue weighted by molar-refractivity contribution is -0.128. The second-order valence-electron chi connectivity index (χ2n) is 5.43. The zero-order valence-electron chi connectivity index (χ0n) is 13.8. The molecule has 3 rings (SSSR count). The van der Waals surface area contributed by atoms with Gasteiger partial charge in [0.05, 0.1) is 20.0 Å². The van der Waals surface area contributed by atoms with Crippen LogP contribution < -0.4 is 9.47 Å². The summed E-state index contributed by atoms with van der Waals surface area (Å²) in [4.78, 5) is 18.6. The van der Waals surface area contributed by atoms with Gasteiger partial charge in [-0.15, -0.1) is 11.8 Å². The van der Waals surface area contributed by atoms with Gasteiger partial charge in [0.25, 0.3) is 0 Å². The molecule has 0 radical (unpaired) electrons. The highest BCUT2D eigenvalue weighted by molar-refractivity contribution is 8.00. The molecule has 24 heavy (non-hydrogen) atoms. The van der Waals surface area contributed by atoms with Crippen LogP contribution in [0.5, 0.6) is 11.5 Å². The first-order chi connectivity index (χ1) is 11.7. The number of aromatic nitrogens is 1. The number of ether oxygens (including phenoxy) is 2. The van der Waals surface area contributed by atoms with Gasteiger partial charge in [0, 0.05) is 36.5 Å². The molecule has 2 heterocycles. The quantitative estimate of drug-likeness (QED) is 0.806. The molecule has 6 heteroatoms. The summed E-state index contributed by atoms with van der Waals surface area (Å²) >= 11 is 1.62. The fraction of sp³-hybridized carbons (Fsp3) is 0.333. The van der Waals surface area contributed by atoms with Crippen molar-refractivity contribution >= 4 is 17.7 Å². The second kappa shape index (κ2) is 7.57. The zero-order valence-corrected chi connectivity index (χ0v) is 14.6. The van der Waals surface area contributed by atoms with Gasteiger partial charge in [-0.2, -0.15) is 0 Å². The summed E-state index contributed by atoms with van der Waals surface area (Å²) in [5.41, 5.74) is 1.98. The maximum atomic E-state index is 12.3. The van der Waals surface area contributed by atoms with E-state index >= 15 is 0 Å². The fourth-order valence-electron chi connectivity index (χ4n) is 2.76. The predicted molar refractivity (Wildman–Crippen MR) is 94.4 cm³/mol. The molecule has 0 aliphatic carbocycles. The summed E-state index contributed by atoms with van der Waals surface area (Å²) in [6.07, 6.45) is 2.52. The molecule has 1 aliphatic rings. The Morgan fingerprint density at radius 1 is 1.25 bits per heavy atom. The third-order valence-corrected chi connectivity index (χ3v) is 5.25. The number of methoxy groups -OCH3 is 2. The molecule has 1 fully saturated rings. The molecular formula is C18H20N2O3S. The van der Waals surface area contributed by atoms with Gasteiger partial charge in [-0.25, -0.2) is 0 Å². The molecule has 1 saturated heterocycles. The average molecular weight is 344 g/mol. The van der Waals surface area contributed by atoms with E-state index in [0.717, 1.165) is 29.2 Å². The smallest absolute Gasteiger partial charge is 0.233 e. The first kappa shape index (κ1) is 16.6. The maximum Gasteiger partial charge on any atom is 0.233 e. The standard InChI is InChI=1S/C18H20N2O3S/c1-22-14-6-7-15(16(11-14)23-2)18-20(17(21)12-24-18)10-8-13-5-3-4-9-19-13/h3-7,9,11,18H,8,10,12H2,1-2H3. The van der Waals surface area contributed by atoms with Gasteiger partial charge in [0.15, 0.2) is 0 Å². The van der Waals surface area contributed by atoms with Crippen molar-refractivity contribution in [2.45, 2.75) is 11.8 Å². The summed E-state index contributed by atoms with van der Waals surface area (Å²) in [6.45, 7) is 0.642. The molecule has 1 atom stereocenters. The Hall–Kier alpha value is -2.21. The van der Waals surface area contributed by atoms with Gasteiger partial charge >= 0.3 is 0 Å². The van der Waals surface area contributed by atoms with Crippen LogP contribution in [0.25, 0.3) is 0 Å². The van der Waals surface area contributed by atoms with E-state index < -0.39 is 0 Å². The van der Waals surface area contributed by atoms with Crippen LogP contribution in [0, 0.1) is 0 Å². The van der Waals surface area contributed by atoms with Crippen molar-refractivity contribution < 1.29 is 14.3 Å². The maximum absolute atomic E-state index is 12.3. The summed E-state index contributed by atoms with van der Waals surface area (Å²) < 4.78 is 10.8. The minimum absolute atomic E-state index is 0.0398. The summed E-state index contributed by atoms with van der Waals surface area (Å²) in [5.74, 6) is 2.12. The fourth-order valence-corrected chi connectivity index (χ4v) is 4.00. The molecule has 1 unspecified atom stereocenters. The number of thioether (sulfide) groups is 1. The van der Waals surface area contributed by atoms with Crippen molar-refractivity contribution in [3.63, 3.8) is 0 Å². The van der Waals surface area contributed by atoms with Crippen LogP contribution in [0.4, 0.5) is 0 Å². The molecule has 0 bridgehead atoms. The molecule has 1 amide bonds. The Bertz CT molecular complexity index is 709. The van der Waals surface area contributed by atoms with Crippen molar-refractivity contribution in [1.29, 1.82) is 0 Å². The van der Waals surface area contributed by atoms with E-state index in [2.05, 4.69) is 4.98 Å². The van der Waals surface area contributed by atoms with Gasteiger partial charge < -0.3 is 14.4 Å². The van der Waals surface area contributed by atoms with Crippen LogP contribution in [0.15, 0.2) is 42.6 Å². The number of hydrogen-bond acceptors (Lipinski definition) is 5.